The first kappa shape index (κ1) is 13.4. The van der Waals surface area contributed by atoms with Crippen LogP contribution in [0, 0.1) is 12.7 Å². The lowest BCUT2D eigenvalue weighted by Crippen LogP contribution is -2.10. The summed E-state index contributed by atoms with van der Waals surface area (Å²) < 4.78 is 18.1. The Morgan fingerprint density at radius 1 is 1.42 bits per heavy atom. The molecule has 0 aliphatic rings. The summed E-state index contributed by atoms with van der Waals surface area (Å²) in [7, 11) is 1.37. The van der Waals surface area contributed by atoms with Crippen LogP contribution in [0.1, 0.15) is 14.5 Å². The van der Waals surface area contributed by atoms with E-state index in [2.05, 4.69) is 5.32 Å². The van der Waals surface area contributed by atoms with Crippen LogP contribution >= 0.6 is 11.3 Å². The number of nitrogens with two attached hydrogens (primary N) is 1. The molecule has 1 aromatic heterocycles. The molecule has 0 radical (unpaired) electrons. The summed E-state index contributed by atoms with van der Waals surface area (Å²) in [5, 5.41) is 2.67. The third kappa shape index (κ3) is 2.85. The number of halogens is 1. The fraction of sp³-hybridized carbons (Fsp3) is 0.154. The lowest BCUT2D eigenvalue weighted by molar-refractivity contribution is 0.103. The Morgan fingerprint density at radius 3 is 2.74 bits per heavy atom. The second-order valence-corrected chi connectivity index (χ2v) is 5.18. The summed E-state index contributed by atoms with van der Waals surface area (Å²) in [6, 6.07) is 5.76. The average Bonchev–Trinajstić information content (AvgIpc) is 2.72. The lowest BCUT2D eigenvalue weighted by atomic mass is 10.2. The van der Waals surface area contributed by atoms with E-state index in [-0.39, 0.29) is 11.7 Å². The molecule has 19 heavy (non-hydrogen) atoms. The van der Waals surface area contributed by atoms with Gasteiger partial charge in [-0.3, -0.25) is 4.79 Å². The smallest absolute Gasteiger partial charge is 0.265 e. The summed E-state index contributed by atoms with van der Waals surface area (Å²) in [6.45, 7) is 1.84. The molecule has 2 rings (SSSR count). The van der Waals surface area contributed by atoms with E-state index in [1.165, 1.54) is 36.6 Å². The number of thiophene rings is 1. The van der Waals surface area contributed by atoms with E-state index < -0.39 is 5.82 Å². The van der Waals surface area contributed by atoms with Gasteiger partial charge in [-0.05, 0) is 25.1 Å². The summed E-state index contributed by atoms with van der Waals surface area (Å²) >= 11 is 1.31. The second-order valence-electron chi connectivity index (χ2n) is 3.93. The van der Waals surface area contributed by atoms with Crippen LogP contribution in [0.3, 0.4) is 0 Å². The van der Waals surface area contributed by atoms with Gasteiger partial charge in [0.15, 0.2) is 11.6 Å². The maximum atomic E-state index is 13.2. The van der Waals surface area contributed by atoms with E-state index >= 15 is 0 Å². The van der Waals surface area contributed by atoms with Crippen LogP contribution in [0.15, 0.2) is 24.3 Å². The highest BCUT2D eigenvalue weighted by Crippen LogP contribution is 2.26. The third-order valence-electron chi connectivity index (χ3n) is 2.59. The van der Waals surface area contributed by atoms with Crippen LogP contribution in [0.5, 0.6) is 5.75 Å². The quantitative estimate of drug-likeness (QED) is 0.908. The van der Waals surface area contributed by atoms with Crippen molar-refractivity contribution in [1.29, 1.82) is 0 Å². The van der Waals surface area contributed by atoms with Crippen LogP contribution in [-0.4, -0.2) is 13.0 Å². The number of ether oxygens (including phenoxy) is 1. The van der Waals surface area contributed by atoms with E-state index in [1.807, 2.05) is 6.92 Å². The zero-order chi connectivity index (χ0) is 14.0. The first-order valence-corrected chi connectivity index (χ1v) is 6.33. The number of nitrogen functional groups attached to an aromatic ring is 1. The molecule has 1 heterocycles. The van der Waals surface area contributed by atoms with Crippen molar-refractivity contribution in [3.8, 4) is 5.75 Å². The number of nitrogens with one attached hydrogen (secondary N) is 1. The minimum atomic E-state index is -0.475. The molecule has 0 unspecified atom stereocenters. The molecular weight excluding hydrogens is 267 g/mol. The molecule has 1 amide bonds. The number of carbonyl (C=O) groups excluding carboxylic acids is 1. The van der Waals surface area contributed by atoms with Gasteiger partial charge in [-0.15, -0.1) is 11.3 Å². The van der Waals surface area contributed by atoms with E-state index in [9.17, 15) is 9.18 Å². The Bertz CT molecular complexity index is 606. The minimum absolute atomic E-state index is 0.0830. The Balaban J connectivity index is 2.19. The first-order valence-electron chi connectivity index (χ1n) is 5.52. The Hall–Kier alpha value is -2.08. The summed E-state index contributed by atoms with van der Waals surface area (Å²) in [5.74, 6) is -0.671. The van der Waals surface area contributed by atoms with Crippen LogP contribution in [0.25, 0.3) is 0 Å². The second kappa shape index (κ2) is 5.27. The predicted octanol–water partition coefficient (Wildman–Crippen LogP) is 3.04. The third-order valence-corrected chi connectivity index (χ3v) is 3.65. The number of hydrogen-bond donors (Lipinski definition) is 2. The molecule has 0 saturated heterocycles. The minimum Gasteiger partial charge on any atom is -0.494 e. The Kier molecular flexibility index (Phi) is 3.71. The van der Waals surface area contributed by atoms with Crippen molar-refractivity contribution >= 4 is 28.6 Å². The molecule has 0 aliphatic carbocycles. The highest BCUT2D eigenvalue weighted by molar-refractivity contribution is 7.14. The van der Waals surface area contributed by atoms with Gasteiger partial charge >= 0.3 is 0 Å². The van der Waals surface area contributed by atoms with E-state index in [0.29, 0.717) is 16.3 Å². The zero-order valence-corrected chi connectivity index (χ0v) is 11.3. The molecule has 4 nitrogen and oxygen atoms in total. The lowest BCUT2D eigenvalue weighted by Gasteiger charge is -2.06. The van der Waals surface area contributed by atoms with Crippen LogP contribution < -0.4 is 15.8 Å². The molecule has 0 aliphatic heterocycles. The maximum Gasteiger partial charge on any atom is 0.265 e. The summed E-state index contributed by atoms with van der Waals surface area (Å²) in [5.41, 5.74) is 6.75. The van der Waals surface area contributed by atoms with Crippen molar-refractivity contribution in [1.82, 2.24) is 0 Å². The van der Waals surface area contributed by atoms with Crippen molar-refractivity contribution in [2.75, 3.05) is 18.2 Å². The molecule has 0 saturated carbocycles. The highest BCUT2D eigenvalue weighted by Gasteiger charge is 2.12. The van der Waals surface area contributed by atoms with E-state index in [4.69, 9.17) is 10.5 Å². The first-order chi connectivity index (χ1) is 9.01. The monoisotopic (exact) mass is 280 g/mol. The van der Waals surface area contributed by atoms with Gasteiger partial charge in [0, 0.05) is 22.3 Å². The standard InChI is InChI=1S/C13H13FN2O2S/c1-7-10(15)6-12(19-7)13(17)16-8-3-4-9(14)11(5-8)18-2/h3-6H,15H2,1-2H3,(H,16,17). The average molecular weight is 280 g/mol. The molecule has 100 valence electrons. The van der Waals surface area contributed by atoms with E-state index in [0.717, 1.165) is 4.88 Å². The number of aryl methyl sites for hydroxylation is 1. The zero-order valence-electron chi connectivity index (χ0n) is 10.5. The van der Waals surface area contributed by atoms with Gasteiger partial charge in [-0.2, -0.15) is 0 Å². The van der Waals surface area contributed by atoms with E-state index in [1.54, 1.807) is 6.07 Å². The van der Waals surface area contributed by atoms with Crippen molar-refractivity contribution in [3.63, 3.8) is 0 Å². The highest BCUT2D eigenvalue weighted by atomic mass is 32.1. The number of carbonyl (C=O) groups is 1. The number of amides is 1. The van der Waals surface area contributed by atoms with Gasteiger partial charge in [0.1, 0.15) is 0 Å². The number of methoxy groups -OCH3 is 1. The summed E-state index contributed by atoms with van der Waals surface area (Å²) in [6.07, 6.45) is 0. The van der Waals surface area contributed by atoms with Gasteiger partial charge in [0.25, 0.3) is 5.91 Å². The van der Waals surface area contributed by atoms with Crippen LogP contribution in [0.4, 0.5) is 15.8 Å². The number of rotatable bonds is 3. The summed E-state index contributed by atoms with van der Waals surface area (Å²) in [4.78, 5) is 13.4. The van der Waals surface area contributed by atoms with Gasteiger partial charge in [0.05, 0.1) is 12.0 Å². The van der Waals surface area contributed by atoms with Gasteiger partial charge in [-0.25, -0.2) is 4.39 Å². The molecule has 2 aromatic rings. The van der Waals surface area contributed by atoms with Gasteiger partial charge in [-0.1, -0.05) is 0 Å². The Morgan fingerprint density at radius 2 is 2.16 bits per heavy atom. The number of anilines is 2. The fourth-order valence-electron chi connectivity index (χ4n) is 1.54. The van der Waals surface area contributed by atoms with Crippen molar-refractivity contribution in [2.24, 2.45) is 0 Å². The SMILES string of the molecule is COc1cc(NC(=O)c2cc(N)c(C)s2)ccc1F. The number of hydrogen-bond acceptors (Lipinski definition) is 4. The normalized spacial score (nSPS) is 10.3. The molecule has 0 atom stereocenters. The fourth-order valence-corrected chi connectivity index (χ4v) is 2.37. The molecule has 0 spiro atoms. The van der Waals surface area contributed by atoms with Gasteiger partial charge in [0.2, 0.25) is 0 Å². The maximum absolute atomic E-state index is 13.2. The van der Waals surface area contributed by atoms with Crippen LogP contribution in [-0.2, 0) is 0 Å². The molecule has 3 N–H and O–H groups in total. The van der Waals surface area contributed by atoms with Crippen molar-refractivity contribution in [3.05, 3.63) is 39.8 Å². The predicted molar refractivity (Wildman–Crippen MR) is 74.4 cm³/mol. The van der Waals surface area contributed by atoms with Crippen molar-refractivity contribution in [2.45, 2.75) is 6.92 Å². The molecule has 0 bridgehead atoms. The largest absolute Gasteiger partial charge is 0.494 e. The molecule has 1 aromatic carbocycles. The van der Waals surface area contributed by atoms with Crippen molar-refractivity contribution < 1.29 is 13.9 Å². The molecular formula is C13H13FN2O2S. The Labute approximate surface area is 114 Å². The number of benzene rings is 1. The molecule has 6 heteroatoms. The topological polar surface area (TPSA) is 64.3 Å². The van der Waals surface area contributed by atoms with Crippen LogP contribution in [0.2, 0.25) is 0 Å². The molecule has 0 fully saturated rings. The van der Waals surface area contributed by atoms with Gasteiger partial charge < -0.3 is 15.8 Å².